The van der Waals surface area contributed by atoms with Gasteiger partial charge >= 0.3 is 0 Å². The number of carbonyl (C=O) groups is 1. The van der Waals surface area contributed by atoms with Gasteiger partial charge in [0, 0.05) is 32.3 Å². The fourth-order valence-corrected chi connectivity index (χ4v) is 2.47. The maximum absolute atomic E-state index is 11.9. The third kappa shape index (κ3) is 3.36. The first-order chi connectivity index (χ1) is 9.08. The predicted molar refractivity (Wildman–Crippen MR) is 73.7 cm³/mol. The molecule has 104 valence electrons. The number of nitrogens with zero attached hydrogens (tertiary/aromatic N) is 2. The molecule has 0 aliphatic heterocycles. The second-order valence-corrected chi connectivity index (χ2v) is 5.24. The third-order valence-corrected chi connectivity index (χ3v) is 3.57. The van der Waals surface area contributed by atoms with Crippen molar-refractivity contribution in [3.8, 4) is 5.75 Å². The fraction of sp³-hybridized carbons (Fsp3) is 0.571. The quantitative estimate of drug-likeness (QED) is 0.901. The molecule has 1 saturated carbocycles. The third-order valence-electron chi connectivity index (χ3n) is 3.57. The van der Waals surface area contributed by atoms with Gasteiger partial charge in [0.05, 0.1) is 18.0 Å². The van der Waals surface area contributed by atoms with E-state index in [1.165, 1.54) is 0 Å². The van der Waals surface area contributed by atoms with Gasteiger partial charge in [0.25, 0.3) is 0 Å². The lowest BCUT2D eigenvalue weighted by molar-refractivity contribution is -0.134. The van der Waals surface area contributed by atoms with Crippen LogP contribution in [0.1, 0.15) is 25.7 Å². The van der Waals surface area contributed by atoms with Crippen LogP contribution in [-0.4, -0.2) is 36.0 Å². The highest BCUT2D eigenvalue weighted by Crippen LogP contribution is 2.30. The van der Waals surface area contributed by atoms with Crippen LogP contribution in [0.3, 0.4) is 0 Å². The number of hydrogen-bond acceptors (Lipinski definition) is 4. The molecule has 1 aliphatic carbocycles. The number of rotatable bonds is 3. The molecule has 5 heteroatoms. The number of amides is 1. The fourth-order valence-electron chi connectivity index (χ4n) is 2.47. The smallest absolute Gasteiger partial charge is 0.225 e. The van der Waals surface area contributed by atoms with E-state index >= 15 is 0 Å². The Labute approximate surface area is 113 Å². The van der Waals surface area contributed by atoms with E-state index in [4.69, 9.17) is 10.5 Å². The Morgan fingerprint density at radius 3 is 2.63 bits per heavy atom. The first-order valence-electron chi connectivity index (χ1n) is 6.65. The summed E-state index contributed by atoms with van der Waals surface area (Å²) in [6.07, 6.45) is 6.97. The lowest BCUT2D eigenvalue weighted by Crippen LogP contribution is -2.34. The molecule has 0 bridgehead atoms. The van der Waals surface area contributed by atoms with Gasteiger partial charge in [-0.25, -0.2) is 0 Å². The standard InChI is InChI=1S/C14H21N3O2/c1-17(2)14(18)10-3-5-11(6-4-10)19-13-7-8-16-9-12(13)15/h7-11H,3-6,15H2,1-2H3/t10-,11-. The molecule has 1 fully saturated rings. The van der Waals surface area contributed by atoms with Gasteiger partial charge in [-0.15, -0.1) is 0 Å². The Morgan fingerprint density at radius 1 is 1.37 bits per heavy atom. The van der Waals surface area contributed by atoms with E-state index < -0.39 is 0 Å². The van der Waals surface area contributed by atoms with Gasteiger partial charge in [0.1, 0.15) is 5.75 Å². The number of carbonyl (C=O) groups excluding carboxylic acids is 1. The number of anilines is 1. The lowest BCUT2D eigenvalue weighted by atomic mass is 9.86. The average Bonchev–Trinajstić information content (AvgIpc) is 2.41. The Morgan fingerprint density at radius 2 is 2.05 bits per heavy atom. The summed E-state index contributed by atoms with van der Waals surface area (Å²) in [6, 6.07) is 1.78. The number of nitrogens with two attached hydrogens (primary N) is 1. The Bertz CT molecular complexity index is 440. The molecule has 0 saturated heterocycles. The molecule has 1 aromatic rings. The summed E-state index contributed by atoms with van der Waals surface area (Å²) in [7, 11) is 3.62. The Kier molecular flexibility index (Phi) is 4.24. The maximum atomic E-state index is 11.9. The zero-order valence-electron chi connectivity index (χ0n) is 11.5. The number of aromatic nitrogens is 1. The summed E-state index contributed by atoms with van der Waals surface area (Å²) in [5, 5.41) is 0. The highest BCUT2D eigenvalue weighted by Gasteiger charge is 2.28. The van der Waals surface area contributed by atoms with E-state index in [0.717, 1.165) is 25.7 Å². The van der Waals surface area contributed by atoms with Crippen molar-refractivity contribution in [2.45, 2.75) is 31.8 Å². The molecule has 19 heavy (non-hydrogen) atoms. The summed E-state index contributed by atoms with van der Waals surface area (Å²) in [6.45, 7) is 0. The van der Waals surface area contributed by atoms with Crippen molar-refractivity contribution in [2.75, 3.05) is 19.8 Å². The van der Waals surface area contributed by atoms with Crippen LogP contribution < -0.4 is 10.5 Å². The number of ether oxygens (including phenoxy) is 1. The Balaban J connectivity index is 1.87. The topological polar surface area (TPSA) is 68.5 Å². The van der Waals surface area contributed by atoms with E-state index in [0.29, 0.717) is 11.4 Å². The highest BCUT2D eigenvalue weighted by molar-refractivity contribution is 5.78. The minimum atomic E-state index is 0.143. The zero-order valence-corrected chi connectivity index (χ0v) is 11.5. The molecule has 0 aromatic carbocycles. The zero-order chi connectivity index (χ0) is 13.8. The van der Waals surface area contributed by atoms with E-state index in [1.807, 2.05) is 14.1 Å². The second-order valence-electron chi connectivity index (χ2n) is 5.24. The van der Waals surface area contributed by atoms with Crippen LogP contribution in [0.25, 0.3) is 0 Å². The lowest BCUT2D eigenvalue weighted by Gasteiger charge is -2.29. The van der Waals surface area contributed by atoms with Crippen LogP contribution in [0.15, 0.2) is 18.5 Å². The molecular weight excluding hydrogens is 242 g/mol. The summed E-state index contributed by atoms with van der Waals surface area (Å²) < 4.78 is 5.88. The largest absolute Gasteiger partial charge is 0.488 e. The average molecular weight is 263 g/mol. The second kappa shape index (κ2) is 5.91. The normalized spacial score (nSPS) is 22.8. The SMILES string of the molecule is CN(C)C(=O)[C@H]1CC[C@H](Oc2ccncc2N)CC1. The first kappa shape index (κ1) is 13.6. The van der Waals surface area contributed by atoms with Crippen LogP contribution >= 0.6 is 0 Å². The molecule has 2 N–H and O–H groups in total. The predicted octanol–water partition coefficient (Wildman–Crippen LogP) is 1.69. The van der Waals surface area contributed by atoms with Crippen LogP contribution in [0.2, 0.25) is 0 Å². The van der Waals surface area contributed by atoms with E-state index in [-0.39, 0.29) is 17.9 Å². The molecule has 1 aromatic heterocycles. The van der Waals surface area contributed by atoms with Gasteiger partial charge in [-0.2, -0.15) is 0 Å². The molecule has 1 heterocycles. The van der Waals surface area contributed by atoms with Crippen LogP contribution in [0.4, 0.5) is 5.69 Å². The molecule has 0 unspecified atom stereocenters. The van der Waals surface area contributed by atoms with Crippen molar-refractivity contribution in [3.05, 3.63) is 18.5 Å². The molecule has 1 amide bonds. The van der Waals surface area contributed by atoms with Gasteiger partial charge in [-0.05, 0) is 25.7 Å². The van der Waals surface area contributed by atoms with Crippen molar-refractivity contribution >= 4 is 11.6 Å². The molecule has 1 aliphatic rings. The minimum absolute atomic E-state index is 0.143. The maximum Gasteiger partial charge on any atom is 0.225 e. The van der Waals surface area contributed by atoms with Crippen LogP contribution in [0.5, 0.6) is 5.75 Å². The van der Waals surface area contributed by atoms with Gasteiger partial charge < -0.3 is 15.4 Å². The van der Waals surface area contributed by atoms with Crippen molar-refractivity contribution in [2.24, 2.45) is 5.92 Å². The molecule has 0 spiro atoms. The summed E-state index contributed by atoms with van der Waals surface area (Å²) in [5.74, 6) is 1.06. The first-order valence-corrected chi connectivity index (χ1v) is 6.65. The van der Waals surface area contributed by atoms with Gasteiger partial charge in [0.2, 0.25) is 5.91 Å². The Hall–Kier alpha value is -1.78. The van der Waals surface area contributed by atoms with Crippen molar-refractivity contribution in [1.29, 1.82) is 0 Å². The highest BCUT2D eigenvalue weighted by atomic mass is 16.5. The monoisotopic (exact) mass is 263 g/mol. The van der Waals surface area contributed by atoms with E-state index in [9.17, 15) is 4.79 Å². The summed E-state index contributed by atoms with van der Waals surface area (Å²) in [4.78, 5) is 17.5. The summed E-state index contributed by atoms with van der Waals surface area (Å²) in [5.41, 5.74) is 6.37. The van der Waals surface area contributed by atoms with Crippen molar-refractivity contribution in [3.63, 3.8) is 0 Å². The molecule has 0 atom stereocenters. The van der Waals surface area contributed by atoms with E-state index in [2.05, 4.69) is 4.98 Å². The van der Waals surface area contributed by atoms with Crippen molar-refractivity contribution < 1.29 is 9.53 Å². The molecule has 2 rings (SSSR count). The van der Waals surface area contributed by atoms with Crippen molar-refractivity contribution in [1.82, 2.24) is 9.88 Å². The van der Waals surface area contributed by atoms with Gasteiger partial charge in [-0.1, -0.05) is 0 Å². The van der Waals surface area contributed by atoms with Gasteiger partial charge in [0.15, 0.2) is 0 Å². The number of pyridine rings is 1. The molecule has 0 radical (unpaired) electrons. The number of nitrogen functional groups attached to an aromatic ring is 1. The number of hydrogen-bond donors (Lipinski definition) is 1. The summed E-state index contributed by atoms with van der Waals surface area (Å²) >= 11 is 0. The minimum Gasteiger partial charge on any atom is -0.488 e. The molecular formula is C14H21N3O2. The van der Waals surface area contributed by atoms with E-state index in [1.54, 1.807) is 23.4 Å². The molecule has 5 nitrogen and oxygen atoms in total. The van der Waals surface area contributed by atoms with Crippen LogP contribution in [-0.2, 0) is 4.79 Å². The van der Waals surface area contributed by atoms with Crippen LogP contribution in [0, 0.1) is 5.92 Å². The van der Waals surface area contributed by atoms with Gasteiger partial charge in [-0.3, -0.25) is 9.78 Å².